The van der Waals surface area contributed by atoms with Gasteiger partial charge in [-0.15, -0.1) is 0 Å². The maximum absolute atomic E-state index is 12.6. The predicted molar refractivity (Wildman–Crippen MR) is 138 cm³/mol. The molecule has 2 atom stereocenters. The van der Waals surface area contributed by atoms with E-state index in [2.05, 4.69) is 69.2 Å². The summed E-state index contributed by atoms with van der Waals surface area (Å²) in [5.41, 5.74) is 2.60. The van der Waals surface area contributed by atoms with Crippen LogP contribution in [0.2, 0.25) is 0 Å². The van der Waals surface area contributed by atoms with E-state index in [4.69, 9.17) is 9.05 Å². The molecule has 0 bridgehead atoms. The van der Waals surface area contributed by atoms with E-state index in [0.717, 1.165) is 0 Å². The van der Waals surface area contributed by atoms with E-state index < -0.39 is 7.82 Å². The van der Waals surface area contributed by atoms with Crippen molar-refractivity contribution in [1.82, 2.24) is 0 Å². The fourth-order valence-corrected chi connectivity index (χ4v) is 6.34. The van der Waals surface area contributed by atoms with Crippen LogP contribution < -0.4 is 9.05 Å². The van der Waals surface area contributed by atoms with E-state index in [0.29, 0.717) is 35.2 Å². The highest BCUT2D eigenvalue weighted by atomic mass is 31.2. The summed E-state index contributed by atoms with van der Waals surface area (Å²) in [6, 6.07) is 14.8. The van der Waals surface area contributed by atoms with E-state index in [9.17, 15) is 9.46 Å². The molecule has 184 valence electrons. The zero-order chi connectivity index (χ0) is 25.2. The second-order valence-electron chi connectivity index (χ2n) is 12.0. The molecule has 0 radical (unpaired) electrons. The minimum Gasteiger partial charge on any atom is -0.395 e. The molecular formula is C28H43O4P. The molecule has 0 aliphatic rings. The van der Waals surface area contributed by atoms with Crippen molar-refractivity contribution in [2.45, 2.75) is 81.1 Å². The Morgan fingerprint density at radius 1 is 0.636 bits per heavy atom. The molecule has 4 nitrogen and oxygen atoms in total. The Labute approximate surface area is 201 Å². The monoisotopic (exact) mass is 474 g/mol. The van der Waals surface area contributed by atoms with Gasteiger partial charge in [0.05, 0.1) is 0 Å². The highest BCUT2D eigenvalue weighted by Crippen LogP contribution is 2.47. The summed E-state index contributed by atoms with van der Waals surface area (Å²) in [7, 11) is -4.32. The SMILES string of the molecule is CC(C)C(c1ccc(OP(=O)(O)Oc2ccc(C(C(C)C)C(C)(C)C)cc2)cc1)C(C)(C)C. The number of hydrogen-bond acceptors (Lipinski definition) is 3. The van der Waals surface area contributed by atoms with Crippen molar-refractivity contribution in [3.05, 3.63) is 59.7 Å². The maximum Gasteiger partial charge on any atom is 0.584 e. The molecule has 0 spiro atoms. The molecule has 0 aromatic heterocycles. The Kier molecular flexibility index (Phi) is 8.52. The molecule has 33 heavy (non-hydrogen) atoms. The van der Waals surface area contributed by atoms with Crippen molar-refractivity contribution < 1.29 is 18.5 Å². The van der Waals surface area contributed by atoms with Gasteiger partial charge in [0.25, 0.3) is 0 Å². The molecule has 1 N–H and O–H groups in total. The Hall–Kier alpha value is -1.77. The fourth-order valence-electron chi connectivity index (χ4n) is 5.53. The fraction of sp³-hybridized carbons (Fsp3) is 0.571. The summed E-state index contributed by atoms with van der Waals surface area (Å²) < 4.78 is 23.3. The van der Waals surface area contributed by atoms with Gasteiger partial charge in [0.15, 0.2) is 0 Å². The molecule has 2 aromatic carbocycles. The van der Waals surface area contributed by atoms with Gasteiger partial charge in [-0.2, -0.15) is 0 Å². The molecule has 0 aliphatic carbocycles. The predicted octanol–water partition coefficient (Wildman–Crippen LogP) is 8.82. The van der Waals surface area contributed by atoms with Gasteiger partial charge >= 0.3 is 7.82 Å². The Morgan fingerprint density at radius 3 is 1.12 bits per heavy atom. The van der Waals surface area contributed by atoms with Gasteiger partial charge in [-0.25, -0.2) is 4.57 Å². The van der Waals surface area contributed by atoms with Crippen LogP contribution in [0.3, 0.4) is 0 Å². The van der Waals surface area contributed by atoms with Gasteiger partial charge in [0.1, 0.15) is 11.5 Å². The van der Waals surface area contributed by atoms with Crippen molar-refractivity contribution in [2.75, 3.05) is 0 Å². The molecule has 0 heterocycles. The van der Waals surface area contributed by atoms with E-state index in [1.54, 1.807) is 24.3 Å². The minimum absolute atomic E-state index is 0.111. The van der Waals surface area contributed by atoms with Crippen LogP contribution in [0.5, 0.6) is 11.5 Å². The van der Waals surface area contributed by atoms with E-state index in [1.807, 2.05) is 24.3 Å². The largest absolute Gasteiger partial charge is 0.584 e. The summed E-state index contributed by atoms with van der Waals surface area (Å²) in [5, 5.41) is 0. The summed E-state index contributed by atoms with van der Waals surface area (Å²) in [6.45, 7) is 22.2. The first-order valence-corrected chi connectivity index (χ1v) is 13.4. The minimum atomic E-state index is -4.32. The topological polar surface area (TPSA) is 55.8 Å². The molecule has 0 aliphatic heterocycles. The van der Waals surface area contributed by atoms with Gasteiger partial charge in [-0.1, -0.05) is 93.5 Å². The molecule has 2 unspecified atom stereocenters. The third-order valence-electron chi connectivity index (χ3n) is 6.12. The smallest absolute Gasteiger partial charge is 0.395 e. The third kappa shape index (κ3) is 7.62. The van der Waals surface area contributed by atoms with Crippen LogP contribution in [0.4, 0.5) is 0 Å². The first-order chi connectivity index (χ1) is 15.0. The van der Waals surface area contributed by atoms with Gasteiger partial charge in [-0.05, 0) is 69.9 Å². The maximum atomic E-state index is 12.6. The Balaban J connectivity index is 2.13. The van der Waals surface area contributed by atoms with Crippen LogP contribution in [0.1, 0.15) is 92.2 Å². The van der Waals surface area contributed by atoms with Gasteiger partial charge in [0, 0.05) is 0 Å². The first-order valence-electron chi connectivity index (χ1n) is 11.9. The van der Waals surface area contributed by atoms with Crippen molar-refractivity contribution >= 4 is 7.82 Å². The quantitative estimate of drug-likeness (QED) is 0.388. The average Bonchev–Trinajstić information content (AvgIpc) is 2.61. The van der Waals surface area contributed by atoms with Crippen LogP contribution in [-0.2, 0) is 4.57 Å². The molecule has 0 saturated carbocycles. The average molecular weight is 475 g/mol. The molecule has 0 fully saturated rings. The van der Waals surface area contributed by atoms with Gasteiger partial charge in [0.2, 0.25) is 0 Å². The standard InChI is InChI=1S/C28H43O4P/c1-19(2)25(27(5,6)7)21-11-15-23(16-12-21)31-33(29,30)32-24-17-13-22(14-18-24)26(20(3)4)28(8,9)10/h11-20,25-26H,1-10H3,(H,29,30). The van der Waals surface area contributed by atoms with Crippen molar-refractivity contribution in [3.8, 4) is 11.5 Å². The summed E-state index contributed by atoms with van der Waals surface area (Å²) >= 11 is 0. The van der Waals surface area contributed by atoms with E-state index in [1.165, 1.54) is 11.1 Å². The van der Waals surface area contributed by atoms with Gasteiger partial charge < -0.3 is 9.05 Å². The normalized spacial score (nSPS) is 16.4. The van der Waals surface area contributed by atoms with E-state index in [-0.39, 0.29) is 10.8 Å². The summed E-state index contributed by atoms with van der Waals surface area (Å²) in [5.74, 6) is 2.30. The molecule has 0 saturated heterocycles. The summed E-state index contributed by atoms with van der Waals surface area (Å²) in [6.07, 6.45) is 0. The molecular weight excluding hydrogens is 431 g/mol. The molecule has 2 aromatic rings. The lowest BCUT2D eigenvalue weighted by molar-refractivity contribution is 0.257. The number of phosphoric acid groups is 1. The third-order valence-corrected chi connectivity index (χ3v) is 7.00. The molecule has 5 heteroatoms. The highest BCUT2D eigenvalue weighted by molar-refractivity contribution is 7.48. The Bertz CT molecular complexity index is 856. The second kappa shape index (κ2) is 10.2. The number of benzene rings is 2. The van der Waals surface area contributed by atoms with Crippen LogP contribution in [0, 0.1) is 22.7 Å². The number of hydrogen-bond donors (Lipinski definition) is 1. The second-order valence-corrected chi connectivity index (χ2v) is 13.3. The van der Waals surface area contributed by atoms with Crippen LogP contribution in [0.15, 0.2) is 48.5 Å². The van der Waals surface area contributed by atoms with Crippen LogP contribution >= 0.6 is 7.82 Å². The van der Waals surface area contributed by atoms with Crippen LogP contribution in [-0.4, -0.2) is 4.89 Å². The lowest BCUT2D eigenvalue weighted by Crippen LogP contribution is -2.23. The first kappa shape index (κ1) is 27.5. The molecule has 2 rings (SSSR count). The van der Waals surface area contributed by atoms with Crippen LogP contribution in [0.25, 0.3) is 0 Å². The number of phosphoric ester groups is 1. The zero-order valence-corrected chi connectivity index (χ0v) is 22.9. The van der Waals surface area contributed by atoms with Crippen molar-refractivity contribution in [1.29, 1.82) is 0 Å². The Morgan fingerprint density at radius 2 is 0.909 bits per heavy atom. The van der Waals surface area contributed by atoms with E-state index >= 15 is 0 Å². The lowest BCUT2D eigenvalue weighted by Gasteiger charge is -2.34. The number of rotatable bonds is 8. The van der Waals surface area contributed by atoms with Gasteiger partial charge in [-0.3, -0.25) is 4.89 Å². The zero-order valence-electron chi connectivity index (χ0n) is 22.0. The summed E-state index contributed by atoms with van der Waals surface area (Å²) in [4.78, 5) is 10.3. The van der Waals surface area contributed by atoms with Crippen molar-refractivity contribution in [3.63, 3.8) is 0 Å². The van der Waals surface area contributed by atoms with Crippen molar-refractivity contribution in [2.24, 2.45) is 22.7 Å². The lowest BCUT2D eigenvalue weighted by atomic mass is 9.70. The molecule has 0 amide bonds. The highest BCUT2D eigenvalue weighted by Gasteiger charge is 2.31.